The number of aromatic nitrogens is 2. The van der Waals surface area contributed by atoms with Crippen LogP contribution in [0, 0.1) is 6.92 Å². The quantitative estimate of drug-likeness (QED) is 0.878. The zero-order valence-corrected chi connectivity index (χ0v) is 10.7. The van der Waals surface area contributed by atoms with Gasteiger partial charge < -0.3 is 10.3 Å². The zero-order valence-electron chi connectivity index (χ0n) is 10.7. The van der Waals surface area contributed by atoms with Gasteiger partial charge in [-0.1, -0.05) is 31.2 Å². The fourth-order valence-electron chi connectivity index (χ4n) is 2.08. The number of rotatable bonds is 3. The molecular formula is C14H19N3. The SMILES string of the molecule is CCc1ccc(-c2c(CN)nc(C)n2C)cc1. The molecule has 2 N–H and O–H groups in total. The number of imidazole rings is 1. The predicted molar refractivity (Wildman–Crippen MR) is 70.7 cm³/mol. The third kappa shape index (κ3) is 2.11. The van der Waals surface area contributed by atoms with Crippen molar-refractivity contribution in [3.05, 3.63) is 41.3 Å². The Balaban J connectivity index is 2.51. The van der Waals surface area contributed by atoms with Crippen LogP contribution in [0.2, 0.25) is 0 Å². The van der Waals surface area contributed by atoms with Gasteiger partial charge in [-0.15, -0.1) is 0 Å². The number of aryl methyl sites for hydroxylation is 2. The lowest BCUT2D eigenvalue weighted by Crippen LogP contribution is -2.00. The Kier molecular flexibility index (Phi) is 3.29. The minimum absolute atomic E-state index is 0.479. The Hall–Kier alpha value is -1.61. The van der Waals surface area contributed by atoms with Gasteiger partial charge in [0.15, 0.2) is 0 Å². The largest absolute Gasteiger partial charge is 0.331 e. The number of hydrogen-bond acceptors (Lipinski definition) is 2. The second-order valence-corrected chi connectivity index (χ2v) is 4.27. The first-order chi connectivity index (χ1) is 8.17. The minimum atomic E-state index is 0.479. The van der Waals surface area contributed by atoms with E-state index in [1.165, 1.54) is 11.1 Å². The molecule has 0 saturated carbocycles. The molecule has 3 heteroatoms. The van der Waals surface area contributed by atoms with Crippen LogP contribution in [0.25, 0.3) is 11.3 Å². The topological polar surface area (TPSA) is 43.8 Å². The molecule has 0 spiro atoms. The second kappa shape index (κ2) is 4.72. The summed E-state index contributed by atoms with van der Waals surface area (Å²) < 4.78 is 2.10. The van der Waals surface area contributed by atoms with Crippen molar-refractivity contribution < 1.29 is 0 Å². The number of hydrogen-bond donors (Lipinski definition) is 1. The summed E-state index contributed by atoms with van der Waals surface area (Å²) >= 11 is 0. The van der Waals surface area contributed by atoms with Crippen LogP contribution in [0.3, 0.4) is 0 Å². The molecule has 17 heavy (non-hydrogen) atoms. The van der Waals surface area contributed by atoms with Gasteiger partial charge in [-0.3, -0.25) is 0 Å². The molecule has 90 valence electrons. The highest BCUT2D eigenvalue weighted by Gasteiger charge is 2.12. The maximum atomic E-state index is 5.75. The molecule has 0 fully saturated rings. The van der Waals surface area contributed by atoms with E-state index in [-0.39, 0.29) is 0 Å². The van der Waals surface area contributed by atoms with E-state index in [0.29, 0.717) is 6.54 Å². The summed E-state index contributed by atoms with van der Waals surface area (Å²) in [5.41, 5.74) is 10.4. The van der Waals surface area contributed by atoms with E-state index in [4.69, 9.17) is 5.73 Å². The van der Waals surface area contributed by atoms with Crippen LogP contribution >= 0.6 is 0 Å². The number of nitrogens with zero attached hydrogens (tertiary/aromatic N) is 2. The first-order valence-corrected chi connectivity index (χ1v) is 5.99. The van der Waals surface area contributed by atoms with Crippen molar-refractivity contribution in [3.8, 4) is 11.3 Å². The standard InChI is InChI=1S/C14H19N3/c1-4-11-5-7-12(8-6-11)14-13(9-15)16-10(2)17(14)3/h5-8H,4,9,15H2,1-3H3. The normalized spacial score (nSPS) is 10.8. The molecule has 0 aliphatic heterocycles. The lowest BCUT2D eigenvalue weighted by Gasteiger charge is -2.07. The average Bonchev–Trinajstić information content (AvgIpc) is 2.65. The van der Waals surface area contributed by atoms with Gasteiger partial charge in [0.25, 0.3) is 0 Å². The van der Waals surface area contributed by atoms with Gasteiger partial charge in [-0.05, 0) is 18.9 Å². The molecule has 0 bridgehead atoms. The van der Waals surface area contributed by atoms with Gasteiger partial charge in [0.05, 0.1) is 11.4 Å². The molecule has 0 saturated heterocycles. The summed E-state index contributed by atoms with van der Waals surface area (Å²) in [6.45, 7) is 4.64. The molecule has 0 aliphatic rings. The smallest absolute Gasteiger partial charge is 0.106 e. The van der Waals surface area contributed by atoms with E-state index >= 15 is 0 Å². The van der Waals surface area contributed by atoms with Gasteiger partial charge >= 0.3 is 0 Å². The van der Waals surface area contributed by atoms with Crippen molar-refractivity contribution in [2.24, 2.45) is 12.8 Å². The van der Waals surface area contributed by atoms with Crippen molar-refractivity contribution in [2.45, 2.75) is 26.8 Å². The molecule has 0 amide bonds. The Morgan fingerprint density at radius 1 is 1.24 bits per heavy atom. The van der Waals surface area contributed by atoms with Crippen LogP contribution in [0.1, 0.15) is 24.0 Å². The van der Waals surface area contributed by atoms with Crippen molar-refractivity contribution in [1.82, 2.24) is 9.55 Å². The van der Waals surface area contributed by atoms with Crippen molar-refractivity contribution in [3.63, 3.8) is 0 Å². The van der Waals surface area contributed by atoms with Crippen LogP contribution in [0.5, 0.6) is 0 Å². The Morgan fingerprint density at radius 2 is 1.88 bits per heavy atom. The van der Waals surface area contributed by atoms with Gasteiger partial charge in [0.1, 0.15) is 5.82 Å². The molecule has 1 aromatic carbocycles. The highest BCUT2D eigenvalue weighted by molar-refractivity contribution is 5.63. The number of benzene rings is 1. The van der Waals surface area contributed by atoms with E-state index in [9.17, 15) is 0 Å². The molecule has 0 unspecified atom stereocenters. The molecule has 2 rings (SSSR count). The summed E-state index contributed by atoms with van der Waals surface area (Å²) in [7, 11) is 2.03. The lowest BCUT2D eigenvalue weighted by atomic mass is 10.1. The zero-order chi connectivity index (χ0) is 12.4. The molecule has 0 aliphatic carbocycles. The molecule has 0 atom stereocenters. The molecule has 0 radical (unpaired) electrons. The van der Waals surface area contributed by atoms with E-state index in [1.807, 2.05) is 14.0 Å². The Morgan fingerprint density at radius 3 is 2.41 bits per heavy atom. The van der Waals surface area contributed by atoms with E-state index in [2.05, 4.69) is 40.7 Å². The van der Waals surface area contributed by atoms with E-state index in [0.717, 1.165) is 23.6 Å². The van der Waals surface area contributed by atoms with Gasteiger partial charge in [0, 0.05) is 19.2 Å². The average molecular weight is 229 g/mol. The lowest BCUT2D eigenvalue weighted by molar-refractivity contribution is 0.865. The summed E-state index contributed by atoms with van der Waals surface area (Å²) in [4.78, 5) is 4.49. The van der Waals surface area contributed by atoms with Gasteiger partial charge in [-0.2, -0.15) is 0 Å². The molecule has 2 aromatic rings. The number of nitrogens with two attached hydrogens (primary N) is 1. The van der Waals surface area contributed by atoms with Crippen LogP contribution in [-0.4, -0.2) is 9.55 Å². The van der Waals surface area contributed by atoms with Crippen LogP contribution in [-0.2, 0) is 20.0 Å². The highest BCUT2D eigenvalue weighted by atomic mass is 15.1. The Bertz CT molecular complexity index is 509. The maximum Gasteiger partial charge on any atom is 0.106 e. The van der Waals surface area contributed by atoms with Crippen LogP contribution < -0.4 is 5.73 Å². The minimum Gasteiger partial charge on any atom is -0.331 e. The fourth-order valence-corrected chi connectivity index (χ4v) is 2.08. The summed E-state index contributed by atoms with van der Waals surface area (Å²) in [6, 6.07) is 8.62. The molecular weight excluding hydrogens is 210 g/mol. The van der Waals surface area contributed by atoms with Crippen molar-refractivity contribution >= 4 is 0 Å². The van der Waals surface area contributed by atoms with Crippen LogP contribution in [0.4, 0.5) is 0 Å². The van der Waals surface area contributed by atoms with Gasteiger partial charge in [0.2, 0.25) is 0 Å². The Labute approximate surface area is 102 Å². The fraction of sp³-hybridized carbons (Fsp3) is 0.357. The first-order valence-electron chi connectivity index (χ1n) is 5.99. The first kappa shape index (κ1) is 11.9. The predicted octanol–water partition coefficient (Wildman–Crippen LogP) is 2.42. The summed E-state index contributed by atoms with van der Waals surface area (Å²) in [5.74, 6) is 1.00. The second-order valence-electron chi connectivity index (χ2n) is 4.27. The molecule has 1 aromatic heterocycles. The molecule has 3 nitrogen and oxygen atoms in total. The van der Waals surface area contributed by atoms with Gasteiger partial charge in [-0.25, -0.2) is 4.98 Å². The third-order valence-corrected chi connectivity index (χ3v) is 3.22. The third-order valence-electron chi connectivity index (χ3n) is 3.22. The van der Waals surface area contributed by atoms with E-state index in [1.54, 1.807) is 0 Å². The van der Waals surface area contributed by atoms with Crippen molar-refractivity contribution in [2.75, 3.05) is 0 Å². The van der Waals surface area contributed by atoms with E-state index < -0.39 is 0 Å². The monoisotopic (exact) mass is 229 g/mol. The highest BCUT2D eigenvalue weighted by Crippen LogP contribution is 2.24. The summed E-state index contributed by atoms with van der Waals surface area (Å²) in [6.07, 6.45) is 1.06. The maximum absolute atomic E-state index is 5.75. The summed E-state index contributed by atoms with van der Waals surface area (Å²) in [5, 5.41) is 0. The molecule has 1 heterocycles. The van der Waals surface area contributed by atoms with Crippen LogP contribution in [0.15, 0.2) is 24.3 Å². The van der Waals surface area contributed by atoms with Crippen molar-refractivity contribution in [1.29, 1.82) is 0 Å².